The second kappa shape index (κ2) is 6.06. The summed E-state index contributed by atoms with van der Waals surface area (Å²) in [6, 6.07) is 0. The van der Waals surface area contributed by atoms with E-state index in [2.05, 4.69) is 9.73 Å². The number of nitrogens with two attached hydrogens (primary N) is 1. The van der Waals surface area contributed by atoms with E-state index in [0.29, 0.717) is 11.0 Å². The molecule has 0 aliphatic rings. The van der Waals surface area contributed by atoms with Crippen LogP contribution < -0.4 is 5.73 Å². The molecule has 0 amide bonds. The normalized spacial score (nSPS) is 12.0. The minimum Gasteiger partial charge on any atom is -0.414 e. The molecule has 6 heteroatoms. The van der Waals surface area contributed by atoms with Crippen molar-refractivity contribution in [2.45, 2.75) is 0 Å². The van der Waals surface area contributed by atoms with Gasteiger partial charge in [0.15, 0.2) is 5.76 Å². The number of hydrogen-bond acceptors (Lipinski definition) is 5. The fourth-order valence-electron chi connectivity index (χ4n) is 0.343. The van der Waals surface area contributed by atoms with E-state index in [1.54, 1.807) is 0 Å². The van der Waals surface area contributed by atoms with Gasteiger partial charge >= 0.3 is 5.30 Å². The zero-order chi connectivity index (χ0) is 8.69. The summed E-state index contributed by atoms with van der Waals surface area (Å²) in [5, 5.41) is -0.636. The van der Waals surface area contributed by atoms with Crippen LogP contribution in [0.15, 0.2) is 17.0 Å². The lowest BCUT2D eigenvalue weighted by Crippen LogP contribution is -2.00. The quantitative estimate of drug-likeness (QED) is 0.411. The van der Waals surface area contributed by atoms with Gasteiger partial charge in [-0.25, -0.2) is 4.79 Å². The van der Waals surface area contributed by atoms with Gasteiger partial charge in [0.2, 0.25) is 0 Å². The van der Waals surface area contributed by atoms with E-state index in [-0.39, 0.29) is 5.76 Å². The molecule has 0 aliphatic heterocycles. The molecule has 0 rings (SSSR count). The van der Waals surface area contributed by atoms with Gasteiger partial charge in [0, 0.05) is 13.2 Å². The monoisotopic (exact) mass is 194 g/mol. The van der Waals surface area contributed by atoms with Crippen LogP contribution in [0.4, 0.5) is 4.79 Å². The van der Waals surface area contributed by atoms with Gasteiger partial charge in [-0.1, -0.05) is 0 Å². The molecule has 0 saturated carbocycles. The third-order valence-electron chi connectivity index (χ3n) is 0.685. The van der Waals surface area contributed by atoms with Crippen LogP contribution in [0.1, 0.15) is 0 Å². The third-order valence-corrected chi connectivity index (χ3v) is 1.27. The van der Waals surface area contributed by atoms with Crippen LogP contribution in [0, 0.1) is 0 Å². The summed E-state index contributed by atoms with van der Waals surface area (Å²) in [6.07, 6.45) is 2.43. The maximum atomic E-state index is 10.5. The fraction of sp³-hybridized carbons (Fsp3) is 0.200. The molecular weight excluding hydrogens is 188 g/mol. The van der Waals surface area contributed by atoms with Gasteiger partial charge in [0.1, 0.15) is 0 Å². The van der Waals surface area contributed by atoms with Crippen LogP contribution in [0.5, 0.6) is 0 Å². The Kier molecular flexibility index (Phi) is 5.68. The highest BCUT2D eigenvalue weighted by Gasteiger charge is 2.02. The highest BCUT2D eigenvalue weighted by Crippen LogP contribution is 2.11. The molecular formula is C5H7ClN2O2S. The van der Waals surface area contributed by atoms with Gasteiger partial charge in [0.25, 0.3) is 0 Å². The zero-order valence-corrected chi connectivity index (χ0v) is 7.35. The molecule has 0 heterocycles. The Balaban J connectivity index is 4.00. The van der Waals surface area contributed by atoms with E-state index >= 15 is 0 Å². The van der Waals surface area contributed by atoms with E-state index < -0.39 is 5.30 Å². The summed E-state index contributed by atoms with van der Waals surface area (Å²) >= 11 is 0. The first-order chi connectivity index (χ1) is 5.24. The Morgan fingerprint density at radius 1 is 1.82 bits per heavy atom. The van der Waals surface area contributed by atoms with Crippen LogP contribution in [0.2, 0.25) is 0 Å². The predicted octanol–water partition coefficient (Wildman–Crippen LogP) is 1.51. The number of halogens is 1. The maximum absolute atomic E-state index is 10.5. The summed E-state index contributed by atoms with van der Waals surface area (Å²) in [6.45, 7) is 0. The van der Waals surface area contributed by atoms with E-state index in [9.17, 15) is 4.79 Å². The summed E-state index contributed by atoms with van der Waals surface area (Å²) in [4.78, 5) is 14.1. The highest BCUT2D eigenvalue weighted by molar-refractivity contribution is 8.32. The van der Waals surface area contributed by atoms with Gasteiger partial charge < -0.3 is 10.5 Å². The molecule has 0 aromatic heterocycles. The minimum absolute atomic E-state index is 0.172. The molecule has 0 aliphatic carbocycles. The zero-order valence-electron chi connectivity index (χ0n) is 5.78. The topological polar surface area (TPSA) is 64.7 Å². The molecule has 11 heavy (non-hydrogen) atoms. The first-order valence-electron chi connectivity index (χ1n) is 2.59. The van der Waals surface area contributed by atoms with Gasteiger partial charge in [-0.3, -0.25) is 4.99 Å². The minimum atomic E-state index is -0.636. The van der Waals surface area contributed by atoms with Crippen LogP contribution in [0.3, 0.4) is 0 Å². The number of aliphatic imine (C=N–C) groups is 1. The lowest BCUT2D eigenvalue weighted by Gasteiger charge is -1.98. The number of ether oxygens (including phenoxy) is 1. The van der Waals surface area contributed by atoms with E-state index in [1.165, 1.54) is 13.3 Å². The second-order valence-electron chi connectivity index (χ2n) is 1.39. The van der Waals surface area contributed by atoms with E-state index in [1.807, 2.05) is 0 Å². The smallest absolute Gasteiger partial charge is 0.388 e. The van der Waals surface area contributed by atoms with Crippen LogP contribution in [-0.4, -0.2) is 18.6 Å². The first-order valence-corrected chi connectivity index (χ1v) is 4.23. The Hall–Kier alpha value is -0.680. The van der Waals surface area contributed by atoms with Crippen molar-refractivity contribution in [3.63, 3.8) is 0 Å². The lowest BCUT2D eigenvalue weighted by atomic mass is 10.6. The Labute approximate surface area is 72.9 Å². The van der Waals surface area contributed by atoms with E-state index in [4.69, 9.17) is 16.4 Å². The average Bonchev–Trinajstić information content (AvgIpc) is 2.03. The molecule has 0 fully saturated rings. The Morgan fingerprint density at radius 3 is 2.82 bits per heavy atom. The maximum Gasteiger partial charge on any atom is 0.388 e. The SMILES string of the molecule is CN=CC(=CN)OC(=O)SCl. The molecule has 0 spiro atoms. The van der Waals surface area contributed by atoms with Crippen LogP contribution >= 0.6 is 21.7 Å². The number of carbonyl (C=O) groups is 1. The molecule has 0 bridgehead atoms. The Morgan fingerprint density at radius 2 is 2.45 bits per heavy atom. The molecule has 0 saturated heterocycles. The van der Waals surface area contributed by atoms with Gasteiger partial charge in [0.05, 0.1) is 17.2 Å². The molecule has 0 radical (unpaired) electrons. The summed E-state index contributed by atoms with van der Waals surface area (Å²) in [7, 11) is 7.06. The van der Waals surface area contributed by atoms with Crippen molar-refractivity contribution in [3.8, 4) is 0 Å². The summed E-state index contributed by atoms with van der Waals surface area (Å²) in [5.41, 5.74) is 5.08. The lowest BCUT2D eigenvalue weighted by molar-refractivity contribution is 0.210. The van der Waals surface area contributed by atoms with Gasteiger partial charge in [-0.2, -0.15) is 0 Å². The Bertz CT molecular complexity index is 193. The van der Waals surface area contributed by atoms with Crippen molar-refractivity contribution in [1.29, 1.82) is 0 Å². The molecule has 62 valence electrons. The van der Waals surface area contributed by atoms with Crippen molar-refractivity contribution < 1.29 is 9.53 Å². The number of allylic oxidation sites excluding steroid dienone is 1. The molecule has 0 unspecified atom stereocenters. The van der Waals surface area contributed by atoms with Crippen molar-refractivity contribution in [3.05, 3.63) is 12.0 Å². The van der Waals surface area contributed by atoms with Gasteiger partial charge in [-0.05, 0) is 10.7 Å². The van der Waals surface area contributed by atoms with Crippen molar-refractivity contribution in [2.24, 2.45) is 10.7 Å². The molecule has 0 aromatic rings. The number of nitrogens with zero attached hydrogens (tertiary/aromatic N) is 1. The average molecular weight is 195 g/mol. The van der Waals surface area contributed by atoms with Crippen LogP contribution in [-0.2, 0) is 4.74 Å². The molecule has 4 nitrogen and oxygen atoms in total. The summed E-state index contributed by atoms with van der Waals surface area (Å²) < 4.78 is 4.57. The van der Waals surface area contributed by atoms with Crippen LogP contribution in [0.25, 0.3) is 0 Å². The van der Waals surface area contributed by atoms with Crippen molar-refractivity contribution >= 4 is 33.2 Å². The number of hydrogen-bond donors (Lipinski definition) is 1. The van der Waals surface area contributed by atoms with Gasteiger partial charge in [-0.15, -0.1) is 0 Å². The second-order valence-corrected chi connectivity index (χ2v) is 2.34. The molecule has 2 N–H and O–H groups in total. The standard InChI is InChI=1S/C5H7ClN2O2S/c1-8-3-4(2-7)10-5(9)11-6/h2-3H,7H2,1H3. The third kappa shape index (κ3) is 4.69. The number of carbonyl (C=O) groups excluding carboxylic acids is 1. The highest BCUT2D eigenvalue weighted by atomic mass is 35.7. The first kappa shape index (κ1) is 10.3. The van der Waals surface area contributed by atoms with Crippen molar-refractivity contribution in [2.75, 3.05) is 7.05 Å². The predicted molar refractivity (Wildman–Crippen MR) is 46.6 cm³/mol. The summed E-state index contributed by atoms with van der Waals surface area (Å²) in [5.74, 6) is 0.172. The van der Waals surface area contributed by atoms with Crippen molar-refractivity contribution in [1.82, 2.24) is 0 Å². The number of rotatable bonds is 2. The largest absolute Gasteiger partial charge is 0.414 e. The van der Waals surface area contributed by atoms with E-state index in [0.717, 1.165) is 6.20 Å². The fourth-order valence-corrected chi connectivity index (χ4v) is 0.565. The molecule has 0 aromatic carbocycles. The molecule has 0 atom stereocenters.